The van der Waals surface area contributed by atoms with E-state index >= 15 is 0 Å². The number of nitrogens with two attached hydrogens (primary N) is 1. The molecule has 0 heterocycles. The molecule has 0 bridgehead atoms. The molecule has 90 valence electrons. The van der Waals surface area contributed by atoms with Crippen LogP contribution in [0.4, 0.5) is 0 Å². The van der Waals surface area contributed by atoms with Crippen molar-refractivity contribution in [3.8, 4) is 0 Å². The van der Waals surface area contributed by atoms with Crippen LogP contribution in [0.3, 0.4) is 0 Å². The van der Waals surface area contributed by atoms with Crippen molar-refractivity contribution in [1.82, 2.24) is 4.72 Å². The molecule has 5 nitrogen and oxygen atoms in total. The average Bonchev–Trinajstić information content (AvgIpc) is 2.25. The number of nitrogens with one attached hydrogen (secondary N) is 1. The smallest absolute Gasteiger partial charge is 0.242 e. The van der Waals surface area contributed by atoms with Gasteiger partial charge in [-0.2, -0.15) is 0 Å². The fourth-order valence-corrected chi connectivity index (χ4v) is 2.69. The van der Waals surface area contributed by atoms with Crippen LogP contribution in [-0.4, -0.2) is 21.6 Å². The highest BCUT2D eigenvalue weighted by Crippen LogP contribution is 2.19. The summed E-state index contributed by atoms with van der Waals surface area (Å²) in [6, 6.07) is 6.26. The molecular weight excluding hydrogens is 252 g/mol. The van der Waals surface area contributed by atoms with E-state index in [0.29, 0.717) is 13.0 Å². The lowest BCUT2D eigenvalue weighted by Gasteiger charge is -2.07. The Balaban J connectivity index is 2.68. The molecule has 1 aromatic rings. The summed E-state index contributed by atoms with van der Waals surface area (Å²) in [5, 5.41) is 0.199. The predicted molar refractivity (Wildman–Crippen MR) is 61.4 cm³/mol. The highest BCUT2D eigenvalue weighted by Gasteiger charge is 2.16. The Morgan fingerprint density at radius 1 is 1.38 bits per heavy atom. The standard InChI is InChI=1S/C9H13ClN2O3S/c10-8-4-1-2-5-9(8)16(13,14)12-6-3-7-15-11/h1-2,4-5,12H,3,6-7,11H2. The third-order valence-electron chi connectivity index (χ3n) is 1.86. The van der Waals surface area contributed by atoms with Gasteiger partial charge in [-0.15, -0.1) is 0 Å². The van der Waals surface area contributed by atoms with E-state index in [0.717, 1.165) is 0 Å². The van der Waals surface area contributed by atoms with Gasteiger partial charge in [0.15, 0.2) is 0 Å². The first kappa shape index (κ1) is 13.4. The van der Waals surface area contributed by atoms with Crippen molar-refractivity contribution in [3.63, 3.8) is 0 Å². The summed E-state index contributed by atoms with van der Waals surface area (Å²) >= 11 is 5.78. The number of halogens is 1. The van der Waals surface area contributed by atoms with Crippen LogP contribution in [0.5, 0.6) is 0 Å². The van der Waals surface area contributed by atoms with E-state index in [1.807, 2.05) is 0 Å². The van der Waals surface area contributed by atoms with Crippen molar-refractivity contribution in [3.05, 3.63) is 29.3 Å². The van der Waals surface area contributed by atoms with Gasteiger partial charge in [-0.3, -0.25) is 0 Å². The lowest BCUT2D eigenvalue weighted by atomic mass is 10.4. The van der Waals surface area contributed by atoms with E-state index in [1.165, 1.54) is 12.1 Å². The molecule has 0 saturated carbocycles. The van der Waals surface area contributed by atoms with Gasteiger partial charge in [0.2, 0.25) is 10.0 Å². The van der Waals surface area contributed by atoms with Crippen LogP contribution < -0.4 is 10.6 Å². The van der Waals surface area contributed by atoms with Crippen molar-refractivity contribution in [2.24, 2.45) is 5.90 Å². The minimum absolute atomic E-state index is 0.0744. The van der Waals surface area contributed by atoms with Gasteiger partial charge >= 0.3 is 0 Å². The summed E-state index contributed by atoms with van der Waals surface area (Å²) in [4.78, 5) is 4.40. The van der Waals surface area contributed by atoms with Crippen LogP contribution in [0, 0.1) is 0 Å². The van der Waals surface area contributed by atoms with Crippen molar-refractivity contribution in [1.29, 1.82) is 0 Å². The number of hydrogen-bond acceptors (Lipinski definition) is 4. The first-order valence-electron chi connectivity index (χ1n) is 4.64. The molecule has 1 rings (SSSR count). The molecule has 0 aliphatic heterocycles. The maximum Gasteiger partial charge on any atom is 0.242 e. The molecule has 0 spiro atoms. The summed E-state index contributed by atoms with van der Waals surface area (Å²) < 4.78 is 25.9. The number of rotatable bonds is 6. The van der Waals surface area contributed by atoms with Crippen molar-refractivity contribution in [2.75, 3.05) is 13.2 Å². The Hall–Kier alpha value is -0.660. The van der Waals surface area contributed by atoms with Gasteiger partial charge in [-0.25, -0.2) is 19.0 Å². The predicted octanol–water partition coefficient (Wildman–Crippen LogP) is 0.899. The first-order chi connectivity index (χ1) is 7.58. The van der Waals surface area contributed by atoms with E-state index in [-0.39, 0.29) is 16.5 Å². The lowest BCUT2D eigenvalue weighted by Crippen LogP contribution is -2.26. The van der Waals surface area contributed by atoms with Gasteiger partial charge < -0.3 is 4.84 Å². The Labute approximate surface area is 99.5 Å². The summed E-state index contributed by atoms with van der Waals surface area (Å²) in [5.41, 5.74) is 0. The maximum atomic E-state index is 11.7. The lowest BCUT2D eigenvalue weighted by molar-refractivity contribution is 0.136. The van der Waals surface area contributed by atoms with Crippen LogP contribution in [0.1, 0.15) is 6.42 Å². The van der Waals surface area contributed by atoms with Gasteiger partial charge in [0.25, 0.3) is 0 Å². The zero-order valence-corrected chi connectivity index (χ0v) is 10.1. The van der Waals surface area contributed by atoms with Gasteiger partial charge in [0, 0.05) is 6.54 Å². The van der Waals surface area contributed by atoms with Crippen LogP contribution in [-0.2, 0) is 14.9 Å². The molecule has 0 amide bonds. The summed E-state index contributed by atoms with van der Waals surface area (Å²) in [5.74, 6) is 4.82. The molecule has 3 N–H and O–H groups in total. The first-order valence-corrected chi connectivity index (χ1v) is 6.50. The Morgan fingerprint density at radius 2 is 2.06 bits per heavy atom. The van der Waals surface area contributed by atoms with E-state index in [4.69, 9.17) is 17.5 Å². The number of sulfonamides is 1. The summed E-state index contributed by atoms with van der Waals surface area (Å²) in [6.45, 7) is 0.551. The quantitative estimate of drug-likeness (QED) is 0.591. The monoisotopic (exact) mass is 264 g/mol. The molecule has 0 aromatic heterocycles. The molecule has 0 saturated heterocycles. The topological polar surface area (TPSA) is 81.4 Å². The minimum Gasteiger partial charge on any atom is -0.305 e. The number of benzene rings is 1. The molecule has 0 aliphatic carbocycles. The Bertz CT molecular complexity index is 436. The molecule has 0 fully saturated rings. The van der Waals surface area contributed by atoms with E-state index < -0.39 is 10.0 Å². The molecule has 0 radical (unpaired) electrons. The van der Waals surface area contributed by atoms with Crippen molar-refractivity contribution >= 4 is 21.6 Å². The van der Waals surface area contributed by atoms with Crippen LogP contribution in [0.25, 0.3) is 0 Å². The largest absolute Gasteiger partial charge is 0.305 e. The molecule has 0 unspecified atom stereocenters. The van der Waals surface area contributed by atoms with Crippen LogP contribution in [0.15, 0.2) is 29.2 Å². The minimum atomic E-state index is -3.55. The second-order valence-corrected chi connectivity index (χ2v) is 5.20. The SMILES string of the molecule is NOCCCNS(=O)(=O)c1ccccc1Cl. The highest BCUT2D eigenvalue weighted by molar-refractivity contribution is 7.89. The van der Waals surface area contributed by atoms with Crippen LogP contribution in [0.2, 0.25) is 5.02 Å². The highest BCUT2D eigenvalue weighted by atomic mass is 35.5. The maximum absolute atomic E-state index is 11.7. The third-order valence-corrected chi connectivity index (χ3v) is 3.82. The zero-order chi connectivity index (χ0) is 12.0. The molecule has 1 aromatic carbocycles. The van der Waals surface area contributed by atoms with Crippen LogP contribution >= 0.6 is 11.6 Å². The normalized spacial score (nSPS) is 11.6. The van der Waals surface area contributed by atoms with E-state index in [2.05, 4.69) is 9.56 Å². The molecular formula is C9H13ClN2O3S. The average molecular weight is 265 g/mol. The summed E-state index contributed by atoms with van der Waals surface area (Å²) in [7, 11) is -3.55. The van der Waals surface area contributed by atoms with Gasteiger partial charge in [-0.1, -0.05) is 23.7 Å². The van der Waals surface area contributed by atoms with Crippen molar-refractivity contribution in [2.45, 2.75) is 11.3 Å². The summed E-state index contributed by atoms with van der Waals surface area (Å²) in [6.07, 6.45) is 0.500. The third kappa shape index (κ3) is 3.73. The fourth-order valence-electron chi connectivity index (χ4n) is 1.10. The zero-order valence-electron chi connectivity index (χ0n) is 8.52. The van der Waals surface area contributed by atoms with E-state index in [1.54, 1.807) is 12.1 Å². The van der Waals surface area contributed by atoms with Gasteiger partial charge in [0.1, 0.15) is 4.90 Å². The Kier molecular flexibility index (Phi) is 5.17. The molecule has 0 atom stereocenters. The molecule has 0 aliphatic rings. The van der Waals surface area contributed by atoms with Gasteiger partial charge in [0.05, 0.1) is 11.6 Å². The van der Waals surface area contributed by atoms with Crippen molar-refractivity contribution < 1.29 is 13.3 Å². The second-order valence-electron chi connectivity index (χ2n) is 3.05. The number of hydrogen-bond donors (Lipinski definition) is 2. The second kappa shape index (κ2) is 6.17. The van der Waals surface area contributed by atoms with Gasteiger partial charge in [-0.05, 0) is 18.6 Å². The Morgan fingerprint density at radius 3 is 2.69 bits per heavy atom. The molecule has 7 heteroatoms. The fraction of sp³-hybridized carbons (Fsp3) is 0.333. The van der Waals surface area contributed by atoms with E-state index in [9.17, 15) is 8.42 Å². The molecule has 16 heavy (non-hydrogen) atoms.